The lowest BCUT2D eigenvalue weighted by Gasteiger charge is -2.35. The highest BCUT2D eigenvalue weighted by molar-refractivity contribution is 6.01. The van der Waals surface area contributed by atoms with E-state index < -0.39 is 41.5 Å². The summed E-state index contributed by atoms with van der Waals surface area (Å²) in [5, 5.41) is 7.54. The zero-order chi connectivity index (χ0) is 30.4. The highest BCUT2D eigenvalue weighted by Crippen LogP contribution is 2.37. The quantitative estimate of drug-likeness (QED) is 0.307. The third kappa shape index (κ3) is 7.67. The number of rotatable bonds is 10. The summed E-state index contributed by atoms with van der Waals surface area (Å²) in [4.78, 5) is 54.3. The number of ether oxygens (including phenoxy) is 1. The second kappa shape index (κ2) is 12.8. The van der Waals surface area contributed by atoms with Gasteiger partial charge in [-0.15, -0.1) is 6.42 Å². The summed E-state index contributed by atoms with van der Waals surface area (Å²) in [7, 11) is 0. The van der Waals surface area contributed by atoms with Crippen LogP contribution in [0.1, 0.15) is 63.6 Å². The number of nitrogens with two attached hydrogens (primary N) is 1. The van der Waals surface area contributed by atoms with Crippen LogP contribution in [0, 0.1) is 12.3 Å². The Labute approximate surface area is 245 Å². The van der Waals surface area contributed by atoms with Gasteiger partial charge in [-0.25, -0.2) is 4.79 Å². The minimum absolute atomic E-state index is 0.0631. The van der Waals surface area contributed by atoms with Crippen LogP contribution in [-0.4, -0.2) is 46.4 Å². The van der Waals surface area contributed by atoms with E-state index in [-0.39, 0.29) is 18.9 Å². The fourth-order valence-corrected chi connectivity index (χ4v) is 4.81. The third-order valence-corrected chi connectivity index (χ3v) is 6.82. The highest BCUT2D eigenvalue weighted by Gasteiger charge is 2.44. The molecule has 1 saturated carbocycles. The molecule has 1 fully saturated rings. The van der Waals surface area contributed by atoms with Crippen molar-refractivity contribution in [2.24, 2.45) is 5.73 Å². The molecule has 3 aromatic rings. The second-order valence-corrected chi connectivity index (χ2v) is 11.4. The summed E-state index contributed by atoms with van der Waals surface area (Å²) in [6.07, 6.45) is 6.12. The van der Waals surface area contributed by atoms with Crippen molar-refractivity contribution in [2.45, 2.75) is 70.2 Å². The van der Waals surface area contributed by atoms with Crippen LogP contribution in [0.4, 0.5) is 10.5 Å². The molecular formula is C33H36N4O5. The molecule has 1 aliphatic rings. The van der Waals surface area contributed by atoms with Gasteiger partial charge < -0.3 is 26.0 Å². The van der Waals surface area contributed by atoms with Crippen molar-refractivity contribution in [2.75, 3.05) is 5.32 Å². The Morgan fingerprint density at radius 3 is 2.33 bits per heavy atom. The maximum atomic E-state index is 14.3. The number of nitrogens with one attached hydrogen (secondary N) is 2. The van der Waals surface area contributed by atoms with Crippen molar-refractivity contribution in [1.29, 1.82) is 0 Å². The molecule has 0 aliphatic heterocycles. The largest absolute Gasteiger partial charge is 0.444 e. The number of alkyl carbamates (subject to hydrolysis) is 1. The van der Waals surface area contributed by atoms with E-state index in [1.54, 1.807) is 51.1 Å². The number of fused-ring (bicyclic) bond motifs is 1. The first-order chi connectivity index (χ1) is 20.0. The molecule has 0 aromatic heterocycles. The van der Waals surface area contributed by atoms with Crippen molar-refractivity contribution in [3.8, 4) is 12.3 Å². The number of hydrogen-bond acceptors (Lipinski definition) is 5. The van der Waals surface area contributed by atoms with Gasteiger partial charge in [0.2, 0.25) is 11.8 Å². The van der Waals surface area contributed by atoms with E-state index in [1.165, 1.54) is 4.90 Å². The van der Waals surface area contributed by atoms with Crippen LogP contribution in [0.15, 0.2) is 66.7 Å². The van der Waals surface area contributed by atoms with E-state index >= 15 is 0 Å². The number of carbonyl (C=O) groups excluding carboxylic acids is 4. The molecule has 0 spiro atoms. The first-order valence-electron chi connectivity index (χ1n) is 13.9. The molecule has 9 heteroatoms. The molecule has 2 unspecified atom stereocenters. The lowest BCUT2D eigenvalue weighted by atomic mass is 9.96. The van der Waals surface area contributed by atoms with Crippen molar-refractivity contribution in [1.82, 2.24) is 10.2 Å². The monoisotopic (exact) mass is 568 g/mol. The molecular weight excluding hydrogens is 532 g/mol. The average molecular weight is 569 g/mol. The van der Waals surface area contributed by atoms with Crippen molar-refractivity contribution < 1.29 is 23.9 Å². The number of terminal acetylenes is 1. The van der Waals surface area contributed by atoms with Crippen LogP contribution in [0.25, 0.3) is 10.8 Å². The van der Waals surface area contributed by atoms with E-state index in [0.717, 1.165) is 10.8 Å². The second-order valence-electron chi connectivity index (χ2n) is 11.4. The smallest absolute Gasteiger partial charge is 0.408 e. The molecule has 2 atom stereocenters. The SMILES string of the molecule is C#Cc1ccccc1C(C(=O)Nc1ccc2ccccc2c1)N(C(=O)C(CCC(N)=O)NC(=O)OC(C)(C)C)C1CC1. The molecule has 4 amide bonds. The molecule has 42 heavy (non-hydrogen) atoms. The molecule has 0 saturated heterocycles. The Morgan fingerprint density at radius 2 is 1.69 bits per heavy atom. The minimum atomic E-state index is -1.16. The van der Waals surface area contributed by atoms with Gasteiger partial charge >= 0.3 is 6.09 Å². The molecule has 1 aliphatic carbocycles. The van der Waals surface area contributed by atoms with E-state index in [0.29, 0.717) is 29.7 Å². The Hall–Kier alpha value is -4.84. The Bertz CT molecular complexity index is 1530. The van der Waals surface area contributed by atoms with Crippen molar-refractivity contribution in [3.63, 3.8) is 0 Å². The van der Waals surface area contributed by atoms with Crippen LogP contribution in [0.5, 0.6) is 0 Å². The lowest BCUT2D eigenvalue weighted by molar-refractivity contribution is -0.141. The van der Waals surface area contributed by atoms with Gasteiger partial charge in [0.1, 0.15) is 17.7 Å². The number of primary amides is 1. The van der Waals surface area contributed by atoms with E-state index in [2.05, 4.69) is 16.6 Å². The first-order valence-corrected chi connectivity index (χ1v) is 13.9. The molecule has 9 nitrogen and oxygen atoms in total. The van der Waals surface area contributed by atoms with Gasteiger partial charge in [-0.05, 0) is 74.6 Å². The summed E-state index contributed by atoms with van der Waals surface area (Å²) >= 11 is 0. The molecule has 218 valence electrons. The van der Waals surface area contributed by atoms with Gasteiger partial charge in [-0.3, -0.25) is 14.4 Å². The van der Waals surface area contributed by atoms with E-state index in [4.69, 9.17) is 16.9 Å². The summed E-state index contributed by atoms with van der Waals surface area (Å²) < 4.78 is 5.38. The number of anilines is 1. The number of carbonyl (C=O) groups is 4. The van der Waals surface area contributed by atoms with E-state index in [1.807, 2.05) is 36.4 Å². The maximum absolute atomic E-state index is 14.3. The van der Waals surface area contributed by atoms with Gasteiger partial charge in [0, 0.05) is 23.7 Å². The van der Waals surface area contributed by atoms with Crippen LogP contribution in [0.2, 0.25) is 0 Å². The van der Waals surface area contributed by atoms with Gasteiger partial charge in [-0.2, -0.15) is 0 Å². The van der Waals surface area contributed by atoms with Gasteiger partial charge in [0.15, 0.2) is 0 Å². The van der Waals surface area contributed by atoms with Crippen LogP contribution < -0.4 is 16.4 Å². The Kier molecular flexibility index (Phi) is 9.16. The Balaban J connectivity index is 1.73. The number of hydrogen-bond donors (Lipinski definition) is 3. The predicted molar refractivity (Wildman–Crippen MR) is 161 cm³/mol. The molecule has 4 N–H and O–H groups in total. The normalized spacial score (nSPS) is 14.2. The molecule has 0 bridgehead atoms. The standard InChI is InChI=1S/C33H36N4O5/c1-5-21-10-8-9-13-26(21)29(30(39)35-24-15-14-22-11-6-7-12-23(22)20-24)37(25-16-17-25)31(40)27(18-19-28(34)38)36-32(41)42-33(2,3)4/h1,6-15,20,25,27,29H,16-19H2,2-4H3,(H2,34,38)(H,35,39)(H,36,41). The van der Waals surface area contributed by atoms with Gasteiger partial charge in [0.05, 0.1) is 0 Å². The number of benzene rings is 3. The summed E-state index contributed by atoms with van der Waals surface area (Å²) in [5.41, 5.74) is 6.07. The Morgan fingerprint density at radius 1 is 1.02 bits per heavy atom. The maximum Gasteiger partial charge on any atom is 0.408 e. The zero-order valence-corrected chi connectivity index (χ0v) is 24.1. The van der Waals surface area contributed by atoms with Crippen molar-refractivity contribution >= 4 is 40.3 Å². The summed E-state index contributed by atoms with van der Waals surface area (Å²) in [6, 6.07) is 17.8. The number of nitrogens with zero attached hydrogens (tertiary/aromatic N) is 1. The van der Waals surface area contributed by atoms with Crippen LogP contribution >= 0.6 is 0 Å². The van der Waals surface area contributed by atoms with E-state index in [9.17, 15) is 19.2 Å². The van der Waals surface area contributed by atoms with Crippen molar-refractivity contribution in [3.05, 3.63) is 77.9 Å². The summed E-state index contributed by atoms with van der Waals surface area (Å²) in [6.45, 7) is 5.10. The highest BCUT2D eigenvalue weighted by atomic mass is 16.6. The third-order valence-electron chi connectivity index (χ3n) is 6.82. The lowest BCUT2D eigenvalue weighted by Crippen LogP contribution is -2.53. The first kappa shape index (κ1) is 30.1. The summed E-state index contributed by atoms with van der Waals surface area (Å²) in [5.74, 6) is 1.01. The topological polar surface area (TPSA) is 131 Å². The minimum Gasteiger partial charge on any atom is -0.444 e. The van der Waals surface area contributed by atoms with Gasteiger partial charge in [-0.1, -0.05) is 54.5 Å². The average Bonchev–Trinajstić information content (AvgIpc) is 3.77. The fourth-order valence-electron chi connectivity index (χ4n) is 4.81. The molecule has 4 rings (SSSR count). The molecule has 3 aromatic carbocycles. The molecule has 0 radical (unpaired) electrons. The zero-order valence-electron chi connectivity index (χ0n) is 24.1. The van der Waals surface area contributed by atoms with Crippen LogP contribution in [0.3, 0.4) is 0 Å². The molecule has 0 heterocycles. The number of amides is 4. The van der Waals surface area contributed by atoms with Crippen LogP contribution in [-0.2, 0) is 19.1 Å². The predicted octanol–water partition coefficient (Wildman–Crippen LogP) is 4.65. The van der Waals surface area contributed by atoms with Gasteiger partial charge in [0.25, 0.3) is 5.91 Å². The fraction of sp³-hybridized carbons (Fsp3) is 0.333.